The zero-order valence-electron chi connectivity index (χ0n) is 20.7. The molecule has 6 heteroatoms. The van der Waals surface area contributed by atoms with Crippen LogP contribution in [0.25, 0.3) is 0 Å². The second-order valence-corrected chi connectivity index (χ2v) is 9.03. The molecule has 2 aromatic carbocycles. The van der Waals surface area contributed by atoms with Crippen molar-refractivity contribution in [2.45, 2.75) is 46.2 Å². The van der Waals surface area contributed by atoms with Gasteiger partial charge in [0.25, 0.3) is 0 Å². The van der Waals surface area contributed by atoms with Crippen molar-refractivity contribution >= 4 is 23.2 Å². The molecule has 0 saturated heterocycles. The van der Waals surface area contributed by atoms with Crippen molar-refractivity contribution < 1.29 is 14.0 Å². The van der Waals surface area contributed by atoms with Crippen molar-refractivity contribution in [3.05, 3.63) is 83.8 Å². The molecule has 180 valence electrons. The average Bonchev–Trinajstić information content (AvgIpc) is 3.33. The van der Waals surface area contributed by atoms with Gasteiger partial charge in [-0.2, -0.15) is 0 Å². The van der Waals surface area contributed by atoms with Gasteiger partial charge in [-0.3, -0.25) is 9.59 Å². The van der Waals surface area contributed by atoms with E-state index in [9.17, 15) is 9.59 Å². The summed E-state index contributed by atoms with van der Waals surface area (Å²) in [6, 6.07) is 19.5. The smallest absolute Gasteiger partial charge is 0.230 e. The van der Waals surface area contributed by atoms with Crippen molar-refractivity contribution in [2.24, 2.45) is 5.92 Å². The van der Waals surface area contributed by atoms with Crippen molar-refractivity contribution in [1.29, 1.82) is 0 Å². The molecule has 0 fully saturated rings. The fourth-order valence-electron chi connectivity index (χ4n) is 3.98. The Balaban J connectivity index is 1.96. The lowest BCUT2D eigenvalue weighted by atomic mass is 9.94. The molecule has 3 aromatic rings. The Bertz CT molecular complexity index is 1080. The zero-order chi connectivity index (χ0) is 24.7. The SMILES string of the molecule is CCC(C(=O)N(Cc1ccco1)Cc1cc(NC(=O)C(C)C)ccc1N(C)C)c1ccccc1. The van der Waals surface area contributed by atoms with Crippen molar-refractivity contribution in [1.82, 2.24) is 4.90 Å². The van der Waals surface area contributed by atoms with E-state index in [0.717, 1.165) is 28.3 Å². The Morgan fingerprint density at radius 1 is 0.971 bits per heavy atom. The van der Waals surface area contributed by atoms with Crippen LogP contribution in [0.3, 0.4) is 0 Å². The summed E-state index contributed by atoms with van der Waals surface area (Å²) in [4.78, 5) is 30.0. The molecule has 34 heavy (non-hydrogen) atoms. The van der Waals surface area contributed by atoms with Crippen LogP contribution in [0.5, 0.6) is 0 Å². The maximum absolute atomic E-state index is 13.8. The van der Waals surface area contributed by atoms with Gasteiger partial charge in [0.15, 0.2) is 0 Å². The zero-order valence-corrected chi connectivity index (χ0v) is 20.7. The first kappa shape index (κ1) is 25.1. The summed E-state index contributed by atoms with van der Waals surface area (Å²) in [5, 5.41) is 2.98. The molecule has 0 bridgehead atoms. The molecule has 0 aliphatic heterocycles. The topological polar surface area (TPSA) is 65.8 Å². The highest BCUT2D eigenvalue weighted by Crippen LogP contribution is 2.29. The van der Waals surface area contributed by atoms with E-state index in [0.29, 0.717) is 19.5 Å². The van der Waals surface area contributed by atoms with Crippen molar-refractivity contribution in [3.63, 3.8) is 0 Å². The van der Waals surface area contributed by atoms with Crippen molar-refractivity contribution in [3.8, 4) is 0 Å². The number of furan rings is 1. The number of nitrogens with zero attached hydrogens (tertiary/aromatic N) is 2. The molecule has 0 spiro atoms. The lowest BCUT2D eigenvalue weighted by molar-refractivity contribution is -0.134. The first-order valence-electron chi connectivity index (χ1n) is 11.8. The van der Waals surface area contributed by atoms with E-state index in [2.05, 4.69) is 5.32 Å². The summed E-state index contributed by atoms with van der Waals surface area (Å²) in [5.41, 5.74) is 3.67. The van der Waals surface area contributed by atoms with Crippen molar-refractivity contribution in [2.75, 3.05) is 24.3 Å². The third-order valence-corrected chi connectivity index (χ3v) is 5.86. The number of hydrogen-bond donors (Lipinski definition) is 1. The third kappa shape index (κ3) is 6.28. The molecular weight excluding hydrogens is 426 g/mol. The molecule has 0 aliphatic rings. The lowest BCUT2D eigenvalue weighted by Crippen LogP contribution is -2.34. The number of benzene rings is 2. The predicted octanol–water partition coefficient (Wildman–Crippen LogP) is 5.66. The number of amides is 2. The molecule has 3 rings (SSSR count). The van der Waals surface area contributed by atoms with E-state index < -0.39 is 0 Å². The third-order valence-electron chi connectivity index (χ3n) is 5.86. The number of nitrogens with one attached hydrogen (secondary N) is 1. The van der Waals surface area contributed by atoms with Crippen LogP contribution >= 0.6 is 0 Å². The molecule has 2 amide bonds. The van der Waals surface area contributed by atoms with E-state index in [-0.39, 0.29) is 23.7 Å². The quantitative estimate of drug-likeness (QED) is 0.423. The van der Waals surface area contributed by atoms with Crippen LogP contribution in [0.4, 0.5) is 11.4 Å². The minimum atomic E-state index is -0.247. The van der Waals surface area contributed by atoms with Gasteiger partial charge >= 0.3 is 0 Å². The predicted molar refractivity (Wildman–Crippen MR) is 137 cm³/mol. The van der Waals surface area contributed by atoms with Crippen LogP contribution in [-0.2, 0) is 22.7 Å². The van der Waals surface area contributed by atoms with Crippen LogP contribution in [0.1, 0.15) is 50.0 Å². The summed E-state index contributed by atoms with van der Waals surface area (Å²) in [5.74, 6) is 0.369. The Labute approximate surface area is 202 Å². The van der Waals surface area contributed by atoms with Crippen LogP contribution in [0.15, 0.2) is 71.3 Å². The van der Waals surface area contributed by atoms with Gasteiger partial charge in [0.2, 0.25) is 11.8 Å². The molecule has 0 radical (unpaired) electrons. The van der Waals surface area contributed by atoms with Crippen LogP contribution in [0, 0.1) is 5.92 Å². The highest BCUT2D eigenvalue weighted by molar-refractivity contribution is 5.92. The van der Waals surface area contributed by atoms with Gasteiger partial charge in [0.1, 0.15) is 5.76 Å². The Morgan fingerprint density at radius 2 is 1.71 bits per heavy atom. The highest BCUT2D eigenvalue weighted by atomic mass is 16.3. The van der Waals surface area contributed by atoms with Crippen LogP contribution in [-0.4, -0.2) is 30.8 Å². The second kappa shape index (κ2) is 11.5. The first-order chi connectivity index (χ1) is 16.3. The Kier molecular flexibility index (Phi) is 8.52. The Hall–Kier alpha value is -3.54. The number of carbonyl (C=O) groups is 2. The van der Waals surface area contributed by atoms with Gasteiger partial charge in [-0.1, -0.05) is 51.1 Å². The number of carbonyl (C=O) groups excluding carboxylic acids is 2. The van der Waals surface area contributed by atoms with Gasteiger partial charge in [0.05, 0.1) is 18.7 Å². The first-order valence-corrected chi connectivity index (χ1v) is 11.8. The molecule has 1 heterocycles. The van der Waals surface area contributed by atoms with Gasteiger partial charge in [-0.25, -0.2) is 0 Å². The van der Waals surface area contributed by atoms with Crippen LogP contribution in [0.2, 0.25) is 0 Å². The average molecular weight is 462 g/mol. The molecule has 0 aliphatic carbocycles. The van der Waals surface area contributed by atoms with E-state index in [1.807, 2.05) is 105 Å². The normalized spacial score (nSPS) is 11.8. The molecule has 1 atom stereocenters. The monoisotopic (exact) mass is 461 g/mol. The summed E-state index contributed by atoms with van der Waals surface area (Å²) in [7, 11) is 3.95. The number of hydrogen-bond acceptors (Lipinski definition) is 4. The van der Waals surface area contributed by atoms with Gasteiger partial charge in [-0.15, -0.1) is 0 Å². The molecule has 1 unspecified atom stereocenters. The maximum atomic E-state index is 13.8. The van der Waals surface area contributed by atoms with Gasteiger partial charge in [0, 0.05) is 37.9 Å². The highest BCUT2D eigenvalue weighted by Gasteiger charge is 2.26. The van der Waals surface area contributed by atoms with Gasteiger partial charge < -0.3 is 19.5 Å². The van der Waals surface area contributed by atoms with Crippen LogP contribution < -0.4 is 10.2 Å². The van der Waals surface area contributed by atoms with E-state index in [1.165, 1.54) is 0 Å². The molecule has 1 N–H and O–H groups in total. The molecule has 6 nitrogen and oxygen atoms in total. The maximum Gasteiger partial charge on any atom is 0.230 e. The summed E-state index contributed by atoms with van der Waals surface area (Å²) in [6.45, 7) is 6.52. The standard InChI is InChI=1S/C28H35N3O3/c1-6-25(21-11-8-7-9-12-21)28(33)31(19-24-13-10-16-34-24)18-22-17-23(29-27(32)20(2)3)14-15-26(22)30(4)5/h7-17,20,25H,6,18-19H2,1-5H3,(H,29,32). The largest absolute Gasteiger partial charge is 0.467 e. The number of anilines is 2. The van der Waals surface area contributed by atoms with Gasteiger partial charge in [-0.05, 0) is 47.9 Å². The fourth-order valence-corrected chi connectivity index (χ4v) is 3.98. The molecular formula is C28H35N3O3. The summed E-state index contributed by atoms with van der Waals surface area (Å²) >= 11 is 0. The van der Waals surface area contributed by atoms with E-state index >= 15 is 0 Å². The lowest BCUT2D eigenvalue weighted by Gasteiger charge is -2.29. The minimum Gasteiger partial charge on any atom is -0.467 e. The fraction of sp³-hybridized carbons (Fsp3) is 0.357. The molecule has 0 saturated carbocycles. The Morgan fingerprint density at radius 3 is 2.29 bits per heavy atom. The summed E-state index contributed by atoms with van der Waals surface area (Å²) < 4.78 is 5.59. The van der Waals surface area contributed by atoms with E-state index in [4.69, 9.17) is 4.42 Å². The summed E-state index contributed by atoms with van der Waals surface area (Å²) in [6.07, 6.45) is 2.32. The minimum absolute atomic E-state index is 0.0396. The van der Waals surface area contributed by atoms with E-state index in [1.54, 1.807) is 6.26 Å². The number of rotatable bonds is 10. The molecule has 1 aromatic heterocycles. The second-order valence-electron chi connectivity index (χ2n) is 9.03.